The summed E-state index contributed by atoms with van der Waals surface area (Å²) in [5.74, 6) is 0.585. The van der Waals surface area contributed by atoms with Crippen LogP contribution < -0.4 is 0 Å². The molecule has 0 saturated carbocycles. The lowest BCUT2D eigenvalue weighted by Gasteiger charge is -2.06. The molecule has 2 heterocycles. The first-order valence-corrected chi connectivity index (χ1v) is 6.87. The normalized spacial score (nSPS) is 10.2. The summed E-state index contributed by atoms with van der Waals surface area (Å²) in [5, 5.41) is 0. The molecule has 4 nitrogen and oxygen atoms in total. The van der Waals surface area contributed by atoms with Gasteiger partial charge in [-0.15, -0.1) is 11.8 Å². The first kappa shape index (κ1) is 13.5. The second kappa shape index (κ2) is 6.33. The number of pyridine rings is 2. The molecular weight excluding hydrogens is 260 g/mol. The number of rotatable bonds is 4. The smallest absolute Gasteiger partial charge is 0.339 e. The van der Waals surface area contributed by atoms with Crippen LogP contribution in [0, 0.1) is 0 Å². The lowest BCUT2D eigenvalue weighted by Crippen LogP contribution is -2.02. The third kappa shape index (κ3) is 3.12. The van der Waals surface area contributed by atoms with Crippen LogP contribution in [0.5, 0.6) is 0 Å². The molecule has 2 aromatic rings. The second-order valence-electron chi connectivity index (χ2n) is 3.71. The van der Waals surface area contributed by atoms with Crippen LogP contribution in [0.4, 0.5) is 0 Å². The topological polar surface area (TPSA) is 52.1 Å². The highest BCUT2D eigenvalue weighted by Crippen LogP contribution is 2.27. The van der Waals surface area contributed by atoms with Gasteiger partial charge >= 0.3 is 5.97 Å². The van der Waals surface area contributed by atoms with E-state index >= 15 is 0 Å². The Kier molecular flexibility index (Phi) is 4.52. The van der Waals surface area contributed by atoms with Crippen LogP contribution in [0.25, 0.3) is 11.4 Å². The molecule has 0 aliphatic carbocycles. The molecule has 0 unspecified atom stereocenters. The molecule has 0 aromatic carbocycles. The van der Waals surface area contributed by atoms with Gasteiger partial charge in [-0.2, -0.15) is 0 Å². The van der Waals surface area contributed by atoms with Crippen molar-refractivity contribution >= 4 is 17.7 Å². The predicted octanol–water partition coefficient (Wildman–Crippen LogP) is 3.04. The van der Waals surface area contributed by atoms with Crippen LogP contribution in [0.1, 0.15) is 17.3 Å². The number of ether oxygens (including phenoxy) is 1. The Morgan fingerprint density at radius 1 is 1.32 bits per heavy atom. The van der Waals surface area contributed by atoms with Gasteiger partial charge in [0.15, 0.2) is 0 Å². The molecule has 19 heavy (non-hydrogen) atoms. The van der Waals surface area contributed by atoms with Crippen molar-refractivity contribution in [2.24, 2.45) is 0 Å². The lowest BCUT2D eigenvalue weighted by atomic mass is 10.2. The minimum absolute atomic E-state index is 0.386. The number of nitrogens with zero attached hydrogens (tertiary/aromatic N) is 2. The summed E-state index contributed by atoms with van der Waals surface area (Å²) < 4.78 is 4.65. The van der Waals surface area contributed by atoms with E-state index in [1.807, 2.05) is 12.1 Å². The van der Waals surface area contributed by atoms with Crippen molar-refractivity contribution in [3.8, 4) is 11.4 Å². The number of methoxy groups -OCH3 is 1. The Balaban J connectivity index is 2.34. The van der Waals surface area contributed by atoms with Crippen molar-refractivity contribution in [2.75, 3.05) is 12.9 Å². The van der Waals surface area contributed by atoms with Crippen LogP contribution in [0.3, 0.4) is 0 Å². The number of carbonyl (C=O) groups is 1. The van der Waals surface area contributed by atoms with Gasteiger partial charge in [-0.05, 0) is 30.0 Å². The highest BCUT2D eigenvalue weighted by atomic mass is 32.2. The third-order valence-corrected chi connectivity index (χ3v) is 3.43. The van der Waals surface area contributed by atoms with Crippen LogP contribution in [-0.4, -0.2) is 28.8 Å². The van der Waals surface area contributed by atoms with Crippen LogP contribution in [-0.2, 0) is 4.74 Å². The van der Waals surface area contributed by atoms with E-state index in [0.29, 0.717) is 5.56 Å². The molecule has 0 amide bonds. The fourth-order valence-corrected chi connectivity index (χ4v) is 2.41. The summed E-state index contributed by atoms with van der Waals surface area (Å²) in [6, 6.07) is 7.41. The Morgan fingerprint density at radius 2 is 2.16 bits per heavy atom. The fraction of sp³-hybridized carbons (Fsp3) is 0.214. The standard InChI is InChI=1S/C14H14N2O2S/c1-3-19-12-5-4-8-15-13(12)11-7-6-10(9-16-11)14(17)18-2/h4-9H,3H2,1-2H3. The SMILES string of the molecule is CCSc1cccnc1-c1ccc(C(=O)OC)cn1. The summed E-state index contributed by atoms with van der Waals surface area (Å²) in [4.78, 5) is 21.1. The Labute approximate surface area is 116 Å². The molecule has 2 aromatic heterocycles. The molecule has 0 spiro atoms. The zero-order valence-corrected chi connectivity index (χ0v) is 11.6. The predicted molar refractivity (Wildman–Crippen MR) is 75.2 cm³/mol. The third-order valence-electron chi connectivity index (χ3n) is 2.50. The maximum absolute atomic E-state index is 11.3. The van der Waals surface area contributed by atoms with Gasteiger partial charge in [0.25, 0.3) is 0 Å². The van der Waals surface area contributed by atoms with Crippen LogP contribution >= 0.6 is 11.8 Å². The summed E-state index contributed by atoms with van der Waals surface area (Å²) in [6.07, 6.45) is 3.25. The van der Waals surface area contributed by atoms with Crippen LogP contribution in [0.2, 0.25) is 0 Å². The molecule has 0 N–H and O–H groups in total. The lowest BCUT2D eigenvalue weighted by molar-refractivity contribution is 0.0600. The first-order chi connectivity index (χ1) is 9.26. The minimum atomic E-state index is -0.386. The molecule has 0 atom stereocenters. The number of carbonyl (C=O) groups excluding carboxylic acids is 1. The number of esters is 1. The highest BCUT2D eigenvalue weighted by molar-refractivity contribution is 7.99. The van der Waals surface area contributed by atoms with Crippen molar-refractivity contribution in [2.45, 2.75) is 11.8 Å². The zero-order valence-electron chi connectivity index (χ0n) is 10.8. The molecule has 0 aliphatic rings. The average molecular weight is 274 g/mol. The molecule has 0 radical (unpaired) electrons. The molecule has 0 fully saturated rings. The zero-order chi connectivity index (χ0) is 13.7. The van der Waals surface area contributed by atoms with E-state index in [4.69, 9.17) is 0 Å². The van der Waals surface area contributed by atoms with Crippen molar-refractivity contribution < 1.29 is 9.53 Å². The highest BCUT2D eigenvalue weighted by Gasteiger charge is 2.10. The van der Waals surface area contributed by atoms with Gasteiger partial charge in [-0.3, -0.25) is 9.97 Å². The first-order valence-electron chi connectivity index (χ1n) is 5.88. The fourth-order valence-electron chi connectivity index (χ4n) is 1.63. The summed E-state index contributed by atoms with van der Waals surface area (Å²) in [5.41, 5.74) is 2.03. The van der Waals surface area contributed by atoms with Gasteiger partial charge in [-0.25, -0.2) is 4.79 Å². The summed E-state index contributed by atoms with van der Waals surface area (Å²) in [6.45, 7) is 2.09. The van der Waals surface area contributed by atoms with Crippen LogP contribution in [0.15, 0.2) is 41.6 Å². The number of hydrogen-bond acceptors (Lipinski definition) is 5. The second-order valence-corrected chi connectivity index (χ2v) is 5.01. The Morgan fingerprint density at radius 3 is 2.79 bits per heavy atom. The number of thioether (sulfide) groups is 1. The van der Waals surface area contributed by atoms with Gasteiger partial charge < -0.3 is 4.74 Å². The average Bonchev–Trinajstić information content (AvgIpc) is 2.47. The van der Waals surface area contributed by atoms with Gasteiger partial charge in [0.05, 0.1) is 18.4 Å². The largest absolute Gasteiger partial charge is 0.465 e. The maximum atomic E-state index is 11.3. The number of hydrogen-bond donors (Lipinski definition) is 0. The van der Waals surface area contributed by atoms with E-state index in [9.17, 15) is 4.79 Å². The Bertz CT molecular complexity index is 570. The van der Waals surface area contributed by atoms with Gasteiger partial charge in [0.2, 0.25) is 0 Å². The number of aromatic nitrogens is 2. The van der Waals surface area contributed by atoms with E-state index in [1.165, 1.54) is 13.3 Å². The summed E-state index contributed by atoms with van der Waals surface area (Å²) in [7, 11) is 1.35. The van der Waals surface area contributed by atoms with Crippen molar-refractivity contribution in [3.05, 3.63) is 42.2 Å². The Hall–Kier alpha value is -1.88. The quantitative estimate of drug-likeness (QED) is 0.633. The van der Waals surface area contributed by atoms with E-state index < -0.39 is 0 Å². The molecule has 0 saturated heterocycles. The van der Waals surface area contributed by atoms with Gasteiger partial charge in [0.1, 0.15) is 5.69 Å². The van der Waals surface area contributed by atoms with E-state index in [2.05, 4.69) is 21.6 Å². The van der Waals surface area contributed by atoms with E-state index in [0.717, 1.165) is 22.0 Å². The summed E-state index contributed by atoms with van der Waals surface area (Å²) >= 11 is 1.72. The molecule has 0 bridgehead atoms. The van der Waals surface area contributed by atoms with Gasteiger partial charge in [-0.1, -0.05) is 6.92 Å². The molecular formula is C14H14N2O2S. The minimum Gasteiger partial charge on any atom is -0.465 e. The van der Waals surface area contributed by atoms with Crippen molar-refractivity contribution in [3.63, 3.8) is 0 Å². The van der Waals surface area contributed by atoms with Gasteiger partial charge in [0, 0.05) is 17.3 Å². The molecule has 0 aliphatic heterocycles. The van der Waals surface area contributed by atoms with Crippen molar-refractivity contribution in [1.82, 2.24) is 9.97 Å². The molecule has 2 rings (SSSR count). The monoisotopic (exact) mass is 274 g/mol. The van der Waals surface area contributed by atoms with Crippen molar-refractivity contribution in [1.29, 1.82) is 0 Å². The van der Waals surface area contributed by atoms with E-state index in [-0.39, 0.29) is 5.97 Å². The van der Waals surface area contributed by atoms with E-state index in [1.54, 1.807) is 30.1 Å². The molecule has 98 valence electrons. The maximum Gasteiger partial charge on any atom is 0.339 e. The molecule has 5 heteroatoms.